The molecule has 14 nitrogen and oxygen atoms in total. The van der Waals surface area contributed by atoms with E-state index in [2.05, 4.69) is 11.1 Å². The lowest BCUT2D eigenvalue weighted by Crippen LogP contribution is -2.15. The van der Waals surface area contributed by atoms with Crippen LogP contribution in [0.25, 0.3) is 0 Å². The van der Waals surface area contributed by atoms with Gasteiger partial charge in [-0.25, -0.2) is 4.18 Å². The van der Waals surface area contributed by atoms with Crippen LogP contribution in [0.1, 0.15) is 77.6 Å². The largest absolute Gasteiger partial charge is 0.397 e. The van der Waals surface area contributed by atoms with E-state index in [-0.39, 0.29) is 19.8 Å². The van der Waals surface area contributed by atoms with Crippen LogP contribution in [0, 0.1) is 0 Å². The monoisotopic (exact) mass is 720 g/mol. The smallest absolute Gasteiger partial charge is 0.379 e. The Labute approximate surface area is 291 Å². The van der Waals surface area contributed by atoms with Crippen molar-refractivity contribution in [2.75, 3.05) is 139 Å². The summed E-state index contributed by atoms with van der Waals surface area (Å²) in [5.41, 5.74) is 0. The summed E-state index contributed by atoms with van der Waals surface area (Å²) in [4.78, 5) is 0. The zero-order chi connectivity index (χ0) is 34.9. The minimum absolute atomic E-state index is 0.0349. The van der Waals surface area contributed by atoms with Crippen LogP contribution in [0.3, 0.4) is 0 Å². The van der Waals surface area contributed by atoms with Gasteiger partial charge in [0.25, 0.3) is 0 Å². The van der Waals surface area contributed by atoms with Crippen molar-refractivity contribution >= 4 is 10.4 Å². The van der Waals surface area contributed by atoms with Gasteiger partial charge in [0.15, 0.2) is 0 Å². The molecule has 0 aliphatic rings. The minimum atomic E-state index is -4.42. The summed E-state index contributed by atoms with van der Waals surface area (Å²) < 4.78 is 87.5. The van der Waals surface area contributed by atoms with Gasteiger partial charge in [-0.2, -0.15) is 8.42 Å². The molecule has 15 heteroatoms. The van der Waals surface area contributed by atoms with E-state index in [0.29, 0.717) is 112 Å². The average Bonchev–Trinajstić information content (AvgIpc) is 3.06. The van der Waals surface area contributed by atoms with Crippen LogP contribution >= 0.6 is 0 Å². The molecule has 1 N–H and O–H groups in total. The van der Waals surface area contributed by atoms with Crippen molar-refractivity contribution in [1.29, 1.82) is 0 Å². The van der Waals surface area contributed by atoms with Gasteiger partial charge < -0.3 is 47.4 Å². The van der Waals surface area contributed by atoms with E-state index in [1.165, 1.54) is 64.2 Å². The lowest BCUT2D eigenvalue weighted by Gasteiger charge is -2.09. The third-order valence-corrected chi connectivity index (χ3v) is 7.16. The maximum absolute atomic E-state index is 10.3. The molecule has 0 aliphatic carbocycles. The molecule has 0 spiro atoms. The second kappa shape index (κ2) is 40.9. The molecule has 0 aromatic heterocycles. The average molecular weight is 721 g/mol. The van der Waals surface area contributed by atoms with E-state index in [0.717, 1.165) is 13.0 Å². The number of hydrogen-bond acceptors (Lipinski definition) is 13. The van der Waals surface area contributed by atoms with Crippen molar-refractivity contribution < 1.29 is 64.5 Å². The molecular weight excluding hydrogens is 652 g/mol. The van der Waals surface area contributed by atoms with Crippen LogP contribution < -0.4 is 0 Å². The predicted octanol–water partition coefficient (Wildman–Crippen LogP) is 4.28. The van der Waals surface area contributed by atoms with Crippen LogP contribution in [-0.4, -0.2) is 152 Å². The molecule has 0 heterocycles. The Morgan fingerprint density at radius 2 is 0.521 bits per heavy atom. The van der Waals surface area contributed by atoms with Crippen LogP contribution in [0.5, 0.6) is 0 Å². The van der Waals surface area contributed by atoms with E-state index in [4.69, 9.17) is 51.9 Å². The van der Waals surface area contributed by atoms with E-state index in [1.807, 2.05) is 0 Å². The normalized spacial score (nSPS) is 12.0. The molecule has 0 fully saturated rings. The number of rotatable bonds is 43. The lowest BCUT2D eigenvalue weighted by atomic mass is 10.1. The SMILES string of the molecule is CCCCCCCCCCCCCOCCOCCOCCOCCOCCOCCOCCOCCOCCOCCOS(=O)(=O)O. The van der Waals surface area contributed by atoms with Crippen LogP contribution in [-0.2, 0) is 62.0 Å². The molecule has 290 valence electrons. The first-order valence-corrected chi connectivity index (χ1v) is 19.3. The Balaban J connectivity index is 3.06. The Bertz CT molecular complexity index is 702. The molecule has 0 atom stereocenters. The molecule has 0 rings (SSSR count). The minimum Gasteiger partial charge on any atom is -0.379 e. The first-order valence-electron chi connectivity index (χ1n) is 18.0. The topological polar surface area (TPSA) is 156 Å². The third-order valence-electron chi connectivity index (χ3n) is 6.70. The molecule has 0 saturated heterocycles. The summed E-state index contributed by atoms with van der Waals surface area (Å²) in [6.45, 7) is 11.5. The van der Waals surface area contributed by atoms with E-state index in [9.17, 15) is 8.42 Å². The van der Waals surface area contributed by atoms with Crippen LogP contribution in [0.15, 0.2) is 0 Å². The van der Waals surface area contributed by atoms with Gasteiger partial charge in [0.05, 0.1) is 132 Å². The van der Waals surface area contributed by atoms with Gasteiger partial charge in [-0.3, -0.25) is 4.55 Å². The van der Waals surface area contributed by atoms with Gasteiger partial charge in [-0.05, 0) is 6.42 Å². The van der Waals surface area contributed by atoms with Crippen molar-refractivity contribution in [3.05, 3.63) is 0 Å². The molecule has 0 aliphatic heterocycles. The first-order chi connectivity index (χ1) is 23.6. The van der Waals surface area contributed by atoms with E-state index in [1.54, 1.807) is 0 Å². The molecule has 0 aromatic carbocycles. The molecule has 48 heavy (non-hydrogen) atoms. The fraction of sp³-hybridized carbons (Fsp3) is 1.00. The highest BCUT2D eigenvalue weighted by Gasteiger charge is 2.03. The second-order valence-corrected chi connectivity index (χ2v) is 12.0. The van der Waals surface area contributed by atoms with Gasteiger partial charge in [-0.15, -0.1) is 0 Å². The molecular formula is C33H68O14S. The number of ether oxygens (including phenoxy) is 10. The standard InChI is InChI=1S/C33H68O14S/c1-2-3-4-5-6-7-8-9-10-11-12-13-37-14-15-38-16-17-39-18-19-40-20-21-41-22-23-42-24-25-43-26-27-44-28-29-45-30-31-46-32-33-47-48(34,35)36/h2-33H2,1H3,(H,34,35,36). The Morgan fingerprint density at radius 1 is 0.312 bits per heavy atom. The molecule has 0 amide bonds. The van der Waals surface area contributed by atoms with Crippen molar-refractivity contribution in [3.8, 4) is 0 Å². The summed E-state index contributed by atoms with van der Waals surface area (Å²) in [5.74, 6) is 0. The quantitative estimate of drug-likeness (QED) is 0.0703. The first kappa shape index (κ1) is 47.5. The maximum atomic E-state index is 10.3. The molecule has 0 unspecified atom stereocenters. The van der Waals surface area contributed by atoms with Crippen molar-refractivity contribution in [2.24, 2.45) is 0 Å². The predicted molar refractivity (Wildman–Crippen MR) is 182 cm³/mol. The Morgan fingerprint density at radius 3 is 0.771 bits per heavy atom. The third kappa shape index (κ3) is 45.5. The van der Waals surface area contributed by atoms with Gasteiger partial charge in [0.2, 0.25) is 0 Å². The fourth-order valence-electron chi connectivity index (χ4n) is 4.15. The van der Waals surface area contributed by atoms with Gasteiger partial charge in [-0.1, -0.05) is 71.1 Å². The number of hydrogen-bond donors (Lipinski definition) is 1. The summed E-state index contributed by atoms with van der Waals surface area (Å²) >= 11 is 0. The summed E-state index contributed by atoms with van der Waals surface area (Å²) in [7, 11) is -4.42. The van der Waals surface area contributed by atoms with Crippen LogP contribution in [0.4, 0.5) is 0 Å². The zero-order valence-corrected chi connectivity index (χ0v) is 30.6. The second-order valence-electron chi connectivity index (χ2n) is 10.9. The highest BCUT2D eigenvalue weighted by atomic mass is 32.3. The number of unbranched alkanes of at least 4 members (excludes halogenated alkanes) is 10. The van der Waals surface area contributed by atoms with Gasteiger partial charge in [0, 0.05) is 6.61 Å². The fourth-order valence-corrected chi connectivity index (χ4v) is 4.43. The molecule has 0 radical (unpaired) electrons. The molecule has 0 saturated carbocycles. The van der Waals surface area contributed by atoms with Crippen molar-refractivity contribution in [2.45, 2.75) is 77.6 Å². The molecule has 0 bridgehead atoms. The molecule has 0 aromatic rings. The Hall–Kier alpha value is -0.530. The summed E-state index contributed by atoms with van der Waals surface area (Å²) in [6, 6.07) is 0. The highest BCUT2D eigenvalue weighted by Crippen LogP contribution is 2.11. The van der Waals surface area contributed by atoms with E-state index >= 15 is 0 Å². The Kier molecular flexibility index (Phi) is 40.4. The van der Waals surface area contributed by atoms with Gasteiger partial charge in [0.1, 0.15) is 0 Å². The van der Waals surface area contributed by atoms with Crippen LogP contribution in [0.2, 0.25) is 0 Å². The highest BCUT2D eigenvalue weighted by molar-refractivity contribution is 7.80. The maximum Gasteiger partial charge on any atom is 0.397 e. The summed E-state index contributed by atoms with van der Waals surface area (Å²) in [5, 5.41) is 0. The van der Waals surface area contributed by atoms with Crippen molar-refractivity contribution in [1.82, 2.24) is 0 Å². The lowest BCUT2D eigenvalue weighted by molar-refractivity contribution is -0.0267. The zero-order valence-electron chi connectivity index (χ0n) is 29.8. The van der Waals surface area contributed by atoms with Crippen molar-refractivity contribution in [3.63, 3.8) is 0 Å². The van der Waals surface area contributed by atoms with Gasteiger partial charge >= 0.3 is 10.4 Å². The summed E-state index contributed by atoms with van der Waals surface area (Å²) in [6.07, 6.45) is 14.8. The van der Waals surface area contributed by atoms with E-state index < -0.39 is 10.4 Å².